The Balaban J connectivity index is 2.05. The van der Waals surface area contributed by atoms with Gasteiger partial charge in [-0.15, -0.1) is 0 Å². The van der Waals surface area contributed by atoms with Crippen molar-refractivity contribution in [2.75, 3.05) is 26.8 Å². The first-order valence-electron chi connectivity index (χ1n) is 12.2. The van der Waals surface area contributed by atoms with Gasteiger partial charge in [-0.1, -0.05) is 56.5 Å². The van der Waals surface area contributed by atoms with Crippen molar-refractivity contribution in [3.8, 4) is 0 Å². The fraction of sp³-hybridized carbons (Fsp3) is 0.556. The summed E-state index contributed by atoms with van der Waals surface area (Å²) in [6.45, 7) is 8.43. The van der Waals surface area contributed by atoms with Crippen LogP contribution in [0.5, 0.6) is 0 Å². The first-order chi connectivity index (χ1) is 16.0. The second-order valence-electron chi connectivity index (χ2n) is 8.85. The van der Waals surface area contributed by atoms with Crippen LogP contribution < -0.4 is 0 Å². The van der Waals surface area contributed by atoms with Gasteiger partial charge in [0.1, 0.15) is 0 Å². The van der Waals surface area contributed by atoms with Crippen molar-refractivity contribution < 1.29 is 14.3 Å². The molecule has 0 unspecified atom stereocenters. The highest BCUT2D eigenvalue weighted by Crippen LogP contribution is 2.14. The van der Waals surface area contributed by atoms with E-state index >= 15 is 0 Å². The third-order valence-corrected chi connectivity index (χ3v) is 5.88. The monoisotopic (exact) mass is 455 g/mol. The predicted molar refractivity (Wildman–Crippen MR) is 133 cm³/mol. The number of hydrogen-bond acceptors (Lipinski definition) is 3. The van der Waals surface area contributed by atoms with Gasteiger partial charge in [0, 0.05) is 44.6 Å². The summed E-state index contributed by atoms with van der Waals surface area (Å²) in [6, 6.07) is 14.4. The molecular weight excluding hydrogens is 414 g/mol. The lowest BCUT2D eigenvalue weighted by molar-refractivity contribution is -0.142. The van der Waals surface area contributed by atoms with Gasteiger partial charge in [-0.25, -0.2) is 0 Å². The highest BCUT2D eigenvalue weighted by Gasteiger charge is 2.23. The van der Waals surface area contributed by atoms with E-state index < -0.39 is 0 Å². The van der Waals surface area contributed by atoms with Crippen LogP contribution >= 0.6 is 0 Å². The normalized spacial score (nSPS) is 11.1. The Bertz CT molecular complexity index is 832. The van der Waals surface area contributed by atoms with Gasteiger partial charge in [0.15, 0.2) is 0 Å². The lowest BCUT2D eigenvalue weighted by Crippen LogP contribution is -2.46. The van der Waals surface area contributed by atoms with Crippen LogP contribution in [0.1, 0.15) is 64.1 Å². The Morgan fingerprint density at radius 2 is 1.76 bits per heavy atom. The summed E-state index contributed by atoms with van der Waals surface area (Å²) in [7, 11) is 1.62. The summed E-state index contributed by atoms with van der Waals surface area (Å²) in [5, 5.41) is 0. The molecule has 0 radical (unpaired) electrons. The number of nitrogens with zero attached hydrogens (tertiary/aromatic N) is 3. The molecule has 0 aliphatic heterocycles. The largest absolute Gasteiger partial charge is 0.383 e. The lowest BCUT2D eigenvalue weighted by atomic mass is 10.1. The van der Waals surface area contributed by atoms with Gasteiger partial charge in [-0.2, -0.15) is 0 Å². The maximum Gasteiger partial charge on any atom is 0.242 e. The van der Waals surface area contributed by atoms with Crippen molar-refractivity contribution in [3.63, 3.8) is 0 Å². The summed E-state index contributed by atoms with van der Waals surface area (Å²) in [6.07, 6.45) is 6.72. The highest BCUT2D eigenvalue weighted by molar-refractivity contribution is 5.85. The van der Waals surface area contributed by atoms with Crippen LogP contribution in [-0.2, 0) is 27.4 Å². The zero-order chi connectivity index (χ0) is 24.1. The molecule has 1 heterocycles. The Labute approximate surface area is 199 Å². The van der Waals surface area contributed by atoms with Crippen molar-refractivity contribution >= 4 is 11.8 Å². The van der Waals surface area contributed by atoms with Gasteiger partial charge < -0.3 is 19.1 Å². The number of ether oxygens (including phenoxy) is 1. The minimum absolute atomic E-state index is 0.0292. The minimum atomic E-state index is -0.0320. The number of methoxy groups -OCH3 is 1. The number of amides is 2. The zero-order valence-corrected chi connectivity index (χ0v) is 20.8. The van der Waals surface area contributed by atoms with Crippen LogP contribution in [0, 0.1) is 0 Å². The number of carbonyl (C=O) groups is 2. The second-order valence-corrected chi connectivity index (χ2v) is 8.85. The Morgan fingerprint density at radius 1 is 1.00 bits per heavy atom. The smallest absolute Gasteiger partial charge is 0.242 e. The molecule has 2 rings (SSSR count). The summed E-state index contributed by atoms with van der Waals surface area (Å²) in [5.74, 6) is 0.00290. The van der Waals surface area contributed by atoms with Crippen LogP contribution in [0.15, 0.2) is 48.7 Å². The SMILES string of the molecule is CCCCCCC(=O)N(CCOC)CC(=O)N(Cc1cccn1Cc1ccccc1)C(C)C. The quantitative estimate of drug-likeness (QED) is 0.365. The minimum Gasteiger partial charge on any atom is -0.383 e. The molecule has 2 aromatic rings. The van der Waals surface area contributed by atoms with Crippen molar-refractivity contribution in [1.82, 2.24) is 14.4 Å². The highest BCUT2D eigenvalue weighted by atomic mass is 16.5. The summed E-state index contributed by atoms with van der Waals surface area (Å²) in [5.41, 5.74) is 2.30. The van der Waals surface area contributed by atoms with E-state index in [2.05, 4.69) is 35.9 Å². The Morgan fingerprint density at radius 3 is 2.42 bits per heavy atom. The Hall–Kier alpha value is -2.60. The molecule has 0 aliphatic rings. The number of benzene rings is 1. The molecule has 2 amide bonds. The summed E-state index contributed by atoms with van der Waals surface area (Å²) >= 11 is 0. The van der Waals surface area contributed by atoms with Gasteiger partial charge in [-0.05, 0) is 38.0 Å². The van der Waals surface area contributed by atoms with Gasteiger partial charge in [0.25, 0.3) is 0 Å². The first-order valence-corrected chi connectivity index (χ1v) is 12.2. The topological polar surface area (TPSA) is 54.8 Å². The third kappa shape index (κ3) is 9.04. The van der Waals surface area contributed by atoms with Crippen molar-refractivity contribution in [3.05, 3.63) is 59.9 Å². The van der Waals surface area contributed by atoms with Crippen molar-refractivity contribution in [1.29, 1.82) is 0 Å². The molecule has 0 saturated carbocycles. The van der Waals surface area contributed by atoms with E-state index in [9.17, 15) is 9.59 Å². The molecule has 33 heavy (non-hydrogen) atoms. The molecule has 0 saturated heterocycles. The van der Waals surface area contributed by atoms with E-state index in [0.29, 0.717) is 26.1 Å². The fourth-order valence-electron chi connectivity index (χ4n) is 3.87. The maximum absolute atomic E-state index is 13.3. The second kappa shape index (κ2) is 14.5. The van der Waals surface area contributed by atoms with E-state index in [1.807, 2.05) is 43.0 Å². The van der Waals surface area contributed by atoms with Crippen molar-refractivity contribution in [2.24, 2.45) is 0 Å². The van der Waals surface area contributed by atoms with Crippen LogP contribution in [0.25, 0.3) is 0 Å². The average Bonchev–Trinajstić information content (AvgIpc) is 3.24. The Kier molecular flexibility index (Phi) is 11.7. The molecule has 0 spiro atoms. The molecule has 182 valence electrons. The molecule has 1 aromatic carbocycles. The van der Waals surface area contributed by atoms with Crippen LogP contribution in [0.3, 0.4) is 0 Å². The number of rotatable bonds is 15. The predicted octanol–water partition coefficient (Wildman–Crippen LogP) is 4.72. The van der Waals surface area contributed by atoms with E-state index in [0.717, 1.165) is 37.9 Å². The van der Waals surface area contributed by atoms with Crippen LogP contribution in [0.4, 0.5) is 0 Å². The van der Waals surface area contributed by atoms with E-state index in [4.69, 9.17) is 4.74 Å². The van der Waals surface area contributed by atoms with E-state index in [1.54, 1.807) is 12.0 Å². The molecule has 6 nitrogen and oxygen atoms in total. The summed E-state index contributed by atoms with van der Waals surface area (Å²) in [4.78, 5) is 29.7. The zero-order valence-electron chi connectivity index (χ0n) is 20.8. The summed E-state index contributed by atoms with van der Waals surface area (Å²) < 4.78 is 7.37. The van der Waals surface area contributed by atoms with Gasteiger partial charge in [0.2, 0.25) is 11.8 Å². The molecule has 0 bridgehead atoms. The van der Waals surface area contributed by atoms with E-state index in [1.165, 1.54) is 5.56 Å². The number of aromatic nitrogens is 1. The van der Waals surface area contributed by atoms with Gasteiger partial charge >= 0.3 is 0 Å². The molecular formula is C27H41N3O3. The number of unbranched alkanes of at least 4 members (excludes halogenated alkanes) is 3. The maximum atomic E-state index is 13.3. The first kappa shape index (κ1) is 26.7. The lowest BCUT2D eigenvalue weighted by Gasteiger charge is -2.31. The van der Waals surface area contributed by atoms with E-state index in [-0.39, 0.29) is 24.4 Å². The van der Waals surface area contributed by atoms with Gasteiger partial charge in [-0.3, -0.25) is 9.59 Å². The molecule has 0 N–H and O–H groups in total. The molecule has 0 aliphatic carbocycles. The fourth-order valence-corrected chi connectivity index (χ4v) is 3.87. The molecule has 0 atom stereocenters. The van der Waals surface area contributed by atoms with Crippen molar-refractivity contribution in [2.45, 2.75) is 72.0 Å². The molecule has 6 heteroatoms. The molecule has 0 fully saturated rings. The third-order valence-electron chi connectivity index (χ3n) is 5.88. The molecule has 1 aromatic heterocycles. The number of carbonyl (C=O) groups excluding carboxylic acids is 2. The number of hydrogen-bond donors (Lipinski definition) is 0. The van der Waals surface area contributed by atoms with Crippen LogP contribution in [0.2, 0.25) is 0 Å². The van der Waals surface area contributed by atoms with Crippen LogP contribution in [-0.4, -0.2) is 59.0 Å². The average molecular weight is 456 g/mol. The standard InChI is InChI=1S/C27H41N3O3/c1-5-6-7-11-16-26(31)29(18-19-33-4)22-27(32)30(23(2)3)21-25-15-12-17-28(25)20-24-13-9-8-10-14-24/h8-10,12-15,17,23H,5-7,11,16,18-22H2,1-4H3. The van der Waals surface area contributed by atoms with Gasteiger partial charge in [0.05, 0.1) is 19.7 Å².